The minimum atomic E-state index is -0.609. The van der Waals surface area contributed by atoms with Crippen LogP contribution in [0, 0.1) is 19.8 Å². The molecular formula is C22H24N4O2. The van der Waals surface area contributed by atoms with Gasteiger partial charge in [-0.05, 0) is 44.5 Å². The highest BCUT2D eigenvalue weighted by atomic mass is 16.2. The third kappa shape index (κ3) is 3.38. The first kappa shape index (κ1) is 18.2. The van der Waals surface area contributed by atoms with Gasteiger partial charge in [0.05, 0.1) is 11.0 Å². The zero-order valence-corrected chi connectivity index (χ0v) is 16.2. The van der Waals surface area contributed by atoms with Crippen molar-refractivity contribution in [3.8, 4) is 0 Å². The molecule has 0 bridgehead atoms. The number of carbonyl (C=O) groups excluding carboxylic acids is 2. The molecule has 144 valence electrons. The Balaban J connectivity index is 1.37. The molecule has 0 radical (unpaired) electrons. The van der Waals surface area contributed by atoms with Crippen LogP contribution >= 0.6 is 0 Å². The van der Waals surface area contributed by atoms with Gasteiger partial charge in [-0.3, -0.25) is 9.59 Å². The minimum Gasteiger partial charge on any atom is -0.354 e. The second-order valence-corrected chi connectivity index (χ2v) is 7.26. The standard InChI is InChI=1S/C22H24N4O2/c1-15-7-9-17(10-8-15)26-13-11-18(22(26)28)21(27)23-12-14-25-16(2)24-19-5-3-4-6-20(19)25/h3-10,18H,11-14H2,1-2H3,(H,23,27). The molecule has 1 aliphatic heterocycles. The van der Waals surface area contributed by atoms with Gasteiger partial charge in [0, 0.05) is 25.3 Å². The molecule has 28 heavy (non-hydrogen) atoms. The molecule has 2 aromatic carbocycles. The monoisotopic (exact) mass is 376 g/mol. The van der Waals surface area contributed by atoms with Crippen LogP contribution in [-0.2, 0) is 16.1 Å². The Morgan fingerprint density at radius 2 is 1.89 bits per heavy atom. The summed E-state index contributed by atoms with van der Waals surface area (Å²) < 4.78 is 2.09. The van der Waals surface area contributed by atoms with Crippen LogP contribution in [0.15, 0.2) is 48.5 Å². The largest absolute Gasteiger partial charge is 0.354 e. The van der Waals surface area contributed by atoms with Crippen molar-refractivity contribution in [2.45, 2.75) is 26.8 Å². The Labute approximate surface area is 164 Å². The number of nitrogens with one attached hydrogen (secondary N) is 1. The van der Waals surface area contributed by atoms with Crippen LogP contribution in [-0.4, -0.2) is 34.5 Å². The number of fused-ring (bicyclic) bond motifs is 1. The quantitative estimate of drug-likeness (QED) is 0.697. The van der Waals surface area contributed by atoms with Gasteiger partial charge in [-0.1, -0.05) is 29.8 Å². The van der Waals surface area contributed by atoms with E-state index in [1.54, 1.807) is 4.90 Å². The Hall–Kier alpha value is -3.15. The number of para-hydroxylation sites is 2. The van der Waals surface area contributed by atoms with E-state index < -0.39 is 5.92 Å². The molecule has 1 N–H and O–H groups in total. The van der Waals surface area contributed by atoms with Crippen LogP contribution < -0.4 is 10.2 Å². The van der Waals surface area contributed by atoms with Crippen LogP contribution in [0.25, 0.3) is 11.0 Å². The van der Waals surface area contributed by atoms with E-state index in [4.69, 9.17) is 0 Å². The van der Waals surface area contributed by atoms with E-state index >= 15 is 0 Å². The molecule has 1 fully saturated rings. The van der Waals surface area contributed by atoms with Crippen molar-refractivity contribution in [2.75, 3.05) is 18.0 Å². The molecule has 1 atom stereocenters. The van der Waals surface area contributed by atoms with Gasteiger partial charge in [0.1, 0.15) is 11.7 Å². The van der Waals surface area contributed by atoms with Crippen LogP contribution in [0.3, 0.4) is 0 Å². The highest BCUT2D eigenvalue weighted by Crippen LogP contribution is 2.25. The SMILES string of the molecule is Cc1ccc(N2CCC(C(=O)NCCn3c(C)nc4ccccc43)C2=O)cc1. The second-order valence-electron chi connectivity index (χ2n) is 7.26. The average molecular weight is 376 g/mol. The normalized spacial score (nSPS) is 16.7. The first-order chi connectivity index (χ1) is 13.5. The number of aromatic nitrogens is 2. The highest BCUT2D eigenvalue weighted by Gasteiger charge is 2.37. The van der Waals surface area contributed by atoms with Crippen LogP contribution in [0.1, 0.15) is 17.8 Å². The molecular weight excluding hydrogens is 352 g/mol. The summed E-state index contributed by atoms with van der Waals surface area (Å²) in [5.41, 5.74) is 4.00. The van der Waals surface area contributed by atoms with E-state index in [1.165, 1.54) is 0 Å². The van der Waals surface area contributed by atoms with Gasteiger partial charge in [0.25, 0.3) is 0 Å². The number of anilines is 1. The maximum absolute atomic E-state index is 12.7. The number of amides is 2. The van der Waals surface area contributed by atoms with Crippen molar-refractivity contribution in [1.82, 2.24) is 14.9 Å². The number of imidazole rings is 1. The molecule has 0 saturated carbocycles. The molecule has 1 saturated heterocycles. The Kier molecular flexibility index (Phi) is 4.86. The van der Waals surface area contributed by atoms with Crippen LogP contribution in [0.4, 0.5) is 5.69 Å². The molecule has 0 aliphatic carbocycles. The summed E-state index contributed by atoms with van der Waals surface area (Å²) in [7, 11) is 0. The number of rotatable bonds is 5. The number of benzene rings is 2. The zero-order valence-electron chi connectivity index (χ0n) is 16.2. The summed E-state index contributed by atoms with van der Waals surface area (Å²) in [5.74, 6) is -0.00725. The third-order valence-corrected chi connectivity index (χ3v) is 5.35. The molecule has 0 spiro atoms. The lowest BCUT2D eigenvalue weighted by Gasteiger charge is -2.17. The predicted molar refractivity (Wildman–Crippen MR) is 109 cm³/mol. The van der Waals surface area contributed by atoms with Crippen molar-refractivity contribution >= 4 is 28.5 Å². The van der Waals surface area contributed by atoms with Crippen LogP contribution in [0.5, 0.6) is 0 Å². The molecule has 2 amide bonds. The molecule has 1 aliphatic rings. The van der Waals surface area contributed by atoms with Crippen molar-refractivity contribution in [2.24, 2.45) is 5.92 Å². The van der Waals surface area contributed by atoms with Gasteiger partial charge < -0.3 is 14.8 Å². The fourth-order valence-electron chi connectivity index (χ4n) is 3.80. The van der Waals surface area contributed by atoms with Crippen molar-refractivity contribution in [1.29, 1.82) is 0 Å². The fourth-order valence-corrected chi connectivity index (χ4v) is 3.80. The predicted octanol–water partition coefficient (Wildman–Crippen LogP) is 2.82. The number of nitrogens with zero attached hydrogens (tertiary/aromatic N) is 3. The Bertz CT molecular complexity index is 1020. The molecule has 6 heteroatoms. The third-order valence-electron chi connectivity index (χ3n) is 5.35. The smallest absolute Gasteiger partial charge is 0.239 e. The fraction of sp³-hybridized carbons (Fsp3) is 0.318. The summed E-state index contributed by atoms with van der Waals surface area (Å²) in [6.45, 7) is 5.64. The van der Waals surface area contributed by atoms with E-state index in [2.05, 4.69) is 14.9 Å². The lowest BCUT2D eigenvalue weighted by molar-refractivity contribution is -0.132. The lowest BCUT2D eigenvalue weighted by atomic mass is 10.1. The highest BCUT2D eigenvalue weighted by molar-refractivity contribution is 6.09. The van der Waals surface area contributed by atoms with Gasteiger partial charge in [-0.15, -0.1) is 0 Å². The molecule has 1 aromatic heterocycles. The summed E-state index contributed by atoms with van der Waals surface area (Å²) >= 11 is 0. The summed E-state index contributed by atoms with van der Waals surface area (Å²) in [6.07, 6.45) is 0.547. The summed E-state index contributed by atoms with van der Waals surface area (Å²) in [4.78, 5) is 31.5. The summed E-state index contributed by atoms with van der Waals surface area (Å²) in [6, 6.07) is 15.8. The van der Waals surface area contributed by atoms with Crippen molar-refractivity contribution < 1.29 is 9.59 Å². The number of hydrogen-bond donors (Lipinski definition) is 1. The first-order valence-electron chi connectivity index (χ1n) is 9.62. The Morgan fingerprint density at radius 3 is 2.68 bits per heavy atom. The van der Waals surface area contributed by atoms with E-state index in [0.717, 1.165) is 28.1 Å². The van der Waals surface area contributed by atoms with E-state index in [-0.39, 0.29) is 11.8 Å². The second kappa shape index (κ2) is 7.46. The molecule has 3 aromatic rings. The molecule has 2 heterocycles. The van der Waals surface area contributed by atoms with Crippen molar-refractivity contribution in [3.05, 3.63) is 59.9 Å². The van der Waals surface area contributed by atoms with Crippen molar-refractivity contribution in [3.63, 3.8) is 0 Å². The van der Waals surface area contributed by atoms with Gasteiger partial charge in [-0.25, -0.2) is 4.98 Å². The van der Waals surface area contributed by atoms with E-state index in [0.29, 0.717) is 26.1 Å². The number of hydrogen-bond acceptors (Lipinski definition) is 3. The maximum Gasteiger partial charge on any atom is 0.239 e. The van der Waals surface area contributed by atoms with E-state index in [1.807, 2.05) is 62.4 Å². The number of carbonyl (C=O) groups is 2. The van der Waals surface area contributed by atoms with Gasteiger partial charge in [0.2, 0.25) is 11.8 Å². The molecule has 4 rings (SSSR count). The minimum absolute atomic E-state index is 0.120. The topological polar surface area (TPSA) is 67.2 Å². The molecule has 6 nitrogen and oxygen atoms in total. The average Bonchev–Trinajstić information content (AvgIpc) is 3.22. The van der Waals surface area contributed by atoms with Gasteiger partial charge in [0.15, 0.2) is 0 Å². The van der Waals surface area contributed by atoms with Crippen LogP contribution in [0.2, 0.25) is 0 Å². The summed E-state index contributed by atoms with van der Waals surface area (Å²) in [5, 5.41) is 2.93. The van der Waals surface area contributed by atoms with E-state index in [9.17, 15) is 9.59 Å². The first-order valence-corrected chi connectivity index (χ1v) is 9.62. The number of aryl methyl sites for hydroxylation is 2. The van der Waals surface area contributed by atoms with Gasteiger partial charge in [-0.2, -0.15) is 0 Å². The Morgan fingerprint density at radius 1 is 1.14 bits per heavy atom. The maximum atomic E-state index is 12.7. The molecule has 1 unspecified atom stereocenters. The zero-order chi connectivity index (χ0) is 19.7. The van der Waals surface area contributed by atoms with Gasteiger partial charge >= 0.3 is 0 Å². The lowest BCUT2D eigenvalue weighted by Crippen LogP contribution is -2.38.